The quantitative estimate of drug-likeness (QED) is 0.441. The van der Waals surface area contributed by atoms with Crippen LogP contribution in [0.2, 0.25) is 0 Å². The van der Waals surface area contributed by atoms with Gasteiger partial charge in [-0.05, 0) is 0 Å². The van der Waals surface area contributed by atoms with Crippen molar-refractivity contribution in [1.82, 2.24) is 0 Å². The van der Waals surface area contributed by atoms with Gasteiger partial charge in [0.25, 0.3) is 0 Å². The Morgan fingerprint density at radius 2 is 1.42 bits per heavy atom. The Bertz CT molecular complexity index is 154. The van der Waals surface area contributed by atoms with Crippen molar-refractivity contribution in [3.8, 4) is 0 Å². The third-order valence-electron chi connectivity index (χ3n) is 1.94. The van der Waals surface area contributed by atoms with E-state index in [-0.39, 0.29) is 0 Å². The van der Waals surface area contributed by atoms with Gasteiger partial charge >= 0.3 is 0 Å². The number of hydrogen-bond acceptors (Lipinski definition) is 4. The van der Waals surface area contributed by atoms with Crippen LogP contribution in [0.1, 0.15) is 0 Å². The van der Waals surface area contributed by atoms with E-state index in [1.165, 1.54) is 0 Å². The van der Waals surface area contributed by atoms with Crippen molar-refractivity contribution in [2.45, 2.75) is 12.2 Å². The summed E-state index contributed by atoms with van der Waals surface area (Å²) in [7, 11) is 3.77. The third kappa shape index (κ3) is 2.19. The normalized spacial score (nSPS) is 39.3. The Kier molecular flexibility index (Phi) is 3.39. The predicted octanol–water partition coefficient (Wildman–Crippen LogP) is 1.72. The van der Waals surface area contributed by atoms with Gasteiger partial charge in [-0.3, -0.25) is 0 Å². The zero-order valence-electron chi connectivity index (χ0n) is 6.77. The molecule has 0 aromatic carbocycles. The second kappa shape index (κ2) is 4.56. The standard InChI is InChI=1S/C8H12O2S2/c1-2-4-10-8-6-12-11-5-7(8)9-3-1/h1-2,7-8H,3-6H2/b2-1-. The van der Waals surface area contributed by atoms with Crippen LogP contribution in [0, 0.1) is 0 Å². The molecule has 2 aliphatic rings. The highest BCUT2D eigenvalue weighted by Gasteiger charge is 2.27. The molecule has 1 saturated heterocycles. The minimum absolute atomic E-state index is 0.307. The van der Waals surface area contributed by atoms with Crippen LogP contribution in [0.15, 0.2) is 12.2 Å². The van der Waals surface area contributed by atoms with E-state index in [0.29, 0.717) is 12.2 Å². The fourth-order valence-corrected chi connectivity index (χ4v) is 3.71. The van der Waals surface area contributed by atoms with Crippen LogP contribution >= 0.6 is 21.6 Å². The molecule has 2 unspecified atom stereocenters. The highest BCUT2D eigenvalue weighted by atomic mass is 33.1. The van der Waals surface area contributed by atoms with Gasteiger partial charge in [0.05, 0.1) is 25.4 Å². The van der Waals surface area contributed by atoms with E-state index in [9.17, 15) is 0 Å². The topological polar surface area (TPSA) is 18.5 Å². The fourth-order valence-electron chi connectivity index (χ4n) is 1.25. The van der Waals surface area contributed by atoms with Crippen LogP contribution in [-0.4, -0.2) is 36.9 Å². The molecule has 0 bridgehead atoms. The van der Waals surface area contributed by atoms with Crippen molar-refractivity contribution in [3.05, 3.63) is 12.2 Å². The monoisotopic (exact) mass is 204 g/mol. The number of ether oxygens (including phenoxy) is 2. The molecule has 68 valence electrons. The van der Waals surface area contributed by atoms with Gasteiger partial charge in [0, 0.05) is 11.5 Å². The van der Waals surface area contributed by atoms with Gasteiger partial charge in [0.1, 0.15) is 0 Å². The summed E-state index contributed by atoms with van der Waals surface area (Å²) >= 11 is 0. The molecule has 4 heteroatoms. The summed E-state index contributed by atoms with van der Waals surface area (Å²) in [5, 5.41) is 0. The Hall–Kier alpha value is 0.360. The second-order valence-corrected chi connectivity index (χ2v) is 5.34. The van der Waals surface area contributed by atoms with E-state index in [1.54, 1.807) is 0 Å². The summed E-state index contributed by atoms with van der Waals surface area (Å²) in [4.78, 5) is 0. The molecule has 0 aliphatic carbocycles. The van der Waals surface area contributed by atoms with E-state index in [1.807, 2.05) is 33.7 Å². The van der Waals surface area contributed by atoms with Crippen molar-refractivity contribution in [3.63, 3.8) is 0 Å². The van der Waals surface area contributed by atoms with Crippen LogP contribution in [0.4, 0.5) is 0 Å². The highest BCUT2D eigenvalue weighted by Crippen LogP contribution is 2.32. The van der Waals surface area contributed by atoms with Crippen LogP contribution in [0.5, 0.6) is 0 Å². The zero-order valence-corrected chi connectivity index (χ0v) is 8.40. The second-order valence-electron chi connectivity index (χ2n) is 2.78. The molecule has 12 heavy (non-hydrogen) atoms. The summed E-state index contributed by atoms with van der Waals surface area (Å²) in [6.45, 7) is 1.49. The van der Waals surface area contributed by atoms with Crippen molar-refractivity contribution in [1.29, 1.82) is 0 Å². The molecule has 0 aromatic rings. The number of fused-ring (bicyclic) bond motifs is 1. The first-order valence-electron chi connectivity index (χ1n) is 4.09. The van der Waals surface area contributed by atoms with Crippen LogP contribution in [0.25, 0.3) is 0 Å². The maximum Gasteiger partial charge on any atom is 0.0948 e. The van der Waals surface area contributed by atoms with Gasteiger partial charge in [0.15, 0.2) is 0 Å². The van der Waals surface area contributed by atoms with E-state index in [4.69, 9.17) is 9.47 Å². The van der Waals surface area contributed by atoms with E-state index >= 15 is 0 Å². The van der Waals surface area contributed by atoms with E-state index in [2.05, 4.69) is 0 Å². The van der Waals surface area contributed by atoms with Crippen molar-refractivity contribution < 1.29 is 9.47 Å². The van der Waals surface area contributed by atoms with Gasteiger partial charge in [-0.2, -0.15) is 0 Å². The van der Waals surface area contributed by atoms with E-state index < -0.39 is 0 Å². The lowest BCUT2D eigenvalue weighted by atomic mass is 10.2. The molecule has 2 aliphatic heterocycles. The third-order valence-corrected chi connectivity index (χ3v) is 4.35. The van der Waals surface area contributed by atoms with Crippen LogP contribution in [0.3, 0.4) is 0 Å². The number of hydrogen-bond donors (Lipinski definition) is 0. The molecule has 1 fully saturated rings. The van der Waals surface area contributed by atoms with Gasteiger partial charge < -0.3 is 9.47 Å². The fraction of sp³-hybridized carbons (Fsp3) is 0.750. The average Bonchev–Trinajstić information content (AvgIpc) is 2.06. The van der Waals surface area contributed by atoms with Crippen molar-refractivity contribution in [2.75, 3.05) is 24.7 Å². The Balaban J connectivity index is 1.95. The summed E-state index contributed by atoms with van der Waals surface area (Å²) in [5.74, 6) is 2.12. The molecule has 0 spiro atoms. The van der Waals surface area contributed by atoms with Crippen molar-refractivity contribution >= 4 is 21.6 Å². The highest BCUT2D eigenvalue weighted by molar-refractivity contribution is 8.76. The molecular weight excluding hydrogens is 192 g/mol. The largest absolute Gasteiger partial charge is 0.371 e. The molecule has 2 nitrogen and oxygen atoms in total. The minimum atomic E-state index is 0.307. The Morgan fingerprint density at radius 3 is 1.92 bits per heavy atom. The van der Waals surface area contributed by atoms with Gasteiger partial charge in [-0.1, -0.05) is 33.7 Å². The Labute approximate surface area is 80.5 Å². The maximum absolute atomic E-state index is 5.64. The predicted molar refractivity (Wildman–Crippen MR) is 53.5 cm³/mol. The maximum atomic E-state index is 5.64. The lowest BCUT2D eigenvalue weighted by Crippen LogP contribution is -2.38. The van der Waals surface area contributed by atoms with Crippen molar-refractivity contribution in [2.24, 2.45) is 0 Å². The van der Waals surface area contributed by atoms with Crippen LogP contribution < -0.4 is 0 Å². The molecule has 2 heterocycles. The summed E-state index contributed by atoms with van der Waals surface area (Å²) in [6.07, 6.45) is 4.67. The van der Waals surface area contributed by atoms with Gasteiger partial charge in [-0.15, -0.1) is 0 Å². The molecule has 0 amide bonds. The lowest BCUT2D eigenvalue weighted by molar-refractivity contribution is -0.0406. The molecule has 0 N–H and O–H groups in total. The lowest BCUT2D eigenvalue weighted by Gasteiger charge is -2.30. The number of rotatable bonds is 0. The molecule has 0 aromatic heterocycles. The SMILES string of the molecule is C1=C\COC2CSSCC2OC/1. The smallest absolute Gasteiger partial charge is 0.0948 e. The first-order chi connectivity index (χ1) is 5.97. The van der Waals surface area contributed by atoms with E-state index in [0.717, 1.165) is 24.7 Å². The zero-order chi connectivity index (χ0) is 8.23. The minimum Gasteiger partial charge on any atom is -0.371 e. The first kappa shape index (κ1) is 8.94. The molecule has 2 atom stereocenters. The van der Waals surface area contributed by atoms with Crippen LogP contribution in [-0.2, 0) is 9.47 Å². The summed E-state index contributed by atoms with van der Waals surface area (Å²) in [5.41, 5.74) is 0. The van der Waals surface area contributed by atoms with Gasteiger partial charge in [-0.25, -0.2) is 0 Å². The molecular formula is C8H12O2S2. The molecule has 0 radical (unpaired) electrons. The molecule has 0 saturated carbocycles. The molecule has 2 rings (SSSR count). The van der Waals surface area contributed by atoms with Gasteiger partial charge in [0.2, 0.25) is 0 Å². The first-order valence-corrected chi connectivity index (χ1v) is 6.58. The average molecular weight is 204 g/mol. The Morgan fingerprint density at radius 1 is 0.917 bits per heavy atom. The summed E-state index contributed by atoms with van der Waals surface area (Å²) in [6, 6.07) is 0. The summed E-state index contributed by atoms with van der Waals surface area (Å²) < 4.78 is 11.3.